The molecule has 1 unspecified atom stereocenters. The summed E-state index contributed by atoms with van der Waals surface area (Å²) in [6.45, 7) is 13.5. The number of ether oxygens (including phenoxy) is 1. The molecule has 0 aliphatic heterocycles. The summed E-state index contributed by atoms with van der Waals surface area (Å²) in [7, 11) is -0.575. The number of allylic oxidation sites excluding steroid dienone is 2. The first-order valence-corrected chi connectivity index (χ1v) is 17.0. The Morgan fingerprint density at radius 3 is 2.47 bits per heavy atom. The molecule has 0 bridgehead atoms. The lowest BCUT2D eigenvalue weighted by atomic mass is 9.63. The van der Waals surface area contributed by atoms with Crippen molar-refractivity contribution in [1.82, 2.24) is 0 Å². The molecule has 0 heterocycles. The third-order valence-corrected chi connectivity index (χ3v) is 13.9. The molecule has 2 aliphatic rings. The second kappa shape index (κ2) is 13.4. The second-order valence-corrected chi connectivity index (χ2v) is 17.3. The maximum absolute atomic E-state index is 11.3. The van der Waals surface area contributed by atoms with Crippen LogP contribution in [0.5, 0.6) is 0 Å². The van der Waals surface area contributed by atoms with Crippen LogP contribution in [0.2, 0.25) is 18.1 Å². The molecule has 0 saturated heterocycles. The topological polar surface area (TPSA) is 79.5 Å². The molecule has 0 amide bonds. The molecule has 5 nitrogen and oxygen atoms in total. The first kappa shape index (κ1) is 30.8. The van der Waals surface area contributed by atoms with Crippen LogP contribution in [0.25, 0.3) is 0 Å². The molecule has 2 aliphatic carbocycles. The van der Waals surface area contributed by atoms with Gasteiger partial charge in [0.25, 0.3) is 0 Å². The summed E-state index contributed by atoms with van der Waals surface area (Å²) in [5.74, 6) is 0.134. The van der Waals surface area contributed by atoms with E-state index in [-0.39, 0.29) is 46.4 Å². The van der Waals surface area contributed by atoms with Crippen LogP contribution in [0.1, 0.15) is 91.9 Å². The number of rotatable bonds is 13. The van der Waals surface area contributed by atoms with E-state index in [0.717, 1.165) is 44.9 Å². The van der Waals surface area contributed by atoms with E-state index in [4.69, 9.17) is 9.16 Å². The number of carbonyl (C=O) groups excluding carboxylic acids is 1. The van der Waals surface area contributed by atoms with E-state index in [0.29, 0.717) is 12.8 Å². The van der Waals surface area contributed by atoms with Gasteiger partial charge in [-0.3, -0.25) is 4.79 Å². The predicted octanol–water partition coefficient (Wildman–Crippen LogP) is 7.33. The molecule has 2 rings (SSSR count). The molecule has 2 fully saturated rings. The van der Waals surface area contributed by atoms with Crippen LogP contribution in [0.3, 0.4) is 0 Å². The van der Waals surface area contributed by atoms with Crippen LogP contribution in [0, 0.1) is 34.5 Å². The average Bonchev–Trinajstić information content (AvgIpc) is 3.10. The van der Waals surface area contributed by atoms with E-state index >= 15 is 0 Å². The number of aliphatic hydroxyl groups is 1. The zero-order valence-electron chi connectivity index (χ0n) is 23.9. The van der Waals surface area contributed by atoms with Crippen molar-refractivity contribution in [3.8, 4) is 6.07 Å². The summed E-state index contributed by atoms with van der Waals surface area (Å²) < 4.78 is 11.6. The van der Waals surface area contributed by atoms with Gasteiger partial charge in [-0.2, -0.15) is 5.26 Å². The highest BCUT2D eigenvalue weighted by molar-refractivity contribution is 6.74. The molecule has 0 aromatic rings. The third-order valence-electron chi connectivity index (χ3n) is 9.38. The Bertz CT molecular complexity index is 797. The van der Waals surface area contributed by atoms with E-state index < -0.39 is 8.32 Å². The number of hydrogen-bond acceptors (Lipinski definition) is 5. The Morgan fingerprint density at radius 1 is 1.25 bits per heavy atom. The quantitative estimate of drug-likeness (QED) is 0.120. The Hall–Kier alpha value is -1.42. The third kappa shape index (κ3) is 7.79. The summed E-state index contributed by atoms with van der Waals surface area (Å²) in [4.78, 5) is 11.3. The fourth-order valence-electron chi connectivity index (χ4n) is 5.55. The van der Waals surface area contributed by atoms with E-state index in [1.807, 2.05) is 0 Å². The molecule has 0 aromatic carbocycles. The smallest absolute Gasteiger partial charge is 0.305 e. The fraction of sp³-hybridized carbons (Fsp3) is 0.800. The van der Waals surface area contributed by atoms with Crippen LogP contribution in [0.4, 0.5) is 0 Å². The fourth-order valence-corrected chi connectivity index (χ4v) is 6.91. The number of aliphatic hydroxyl groups excluding tert-OH is 1. The number of nitrogens with zero attached hydrogens (tertiary/aromatic N) is 1. The van der Waals surface area contributed by atoms with E-state index in [9.17, 15) is 15.2 Å². The van der Waals surface area contributed by atoms with Gasteiger partial charge >= 0.3 is 5.97 Å². The van der Waals surface area contributed by atoms with Crippen LogP contribution in [0.15, 0.2) is 24.3 Å². The number of carbonyl (C=O) groups is 1. The molecule has 6 heteroatoms. The van der Waals surface area contributed by atoms with Gasteiger partial charge < -0.3 is 14.3 Å². The van der Waals surface area contributed by atoms with Gasteiger partial charge in [0.15, 0.2) is 8.32 Å². The van der Waals surface area contributed by atoms with Crippen molar-refractivity contribution < 1.29 is 19.1 Å². The largest absolute Gasteiger partial charge is 0.469 e. The molecule has 5 atom stereocenters. The number of methoxy groups -OCH3 is 1. The molecule has 0 radical (unpaired) electrons. The van der Waals surface area contributed by atoms with E-state index in [1.165, 1.54) is 13.5 Å². The number of esters is 1. The lowest BCUT2D eigenvalue weighted by Crippen LogP contribution is -2.45. The molecular formula is C30H51NO4Si. The maximum atomic E-state index is 11.3. The molecule has 2 saturated carbocycles. The standard InChI is InChI=1S/C30H51NO4Si/c1-8-30(19-14-20-30)27(32)17-13-16-25-24(15-11-9-10-12-18-28(33)34-5)23(22-31)21-26(25)35-36(6,7)29(2,3)4/h9,11,13,16,23-27,32H,8,10,12,14-15,17-21H2,1-7H3/t23-,24-,25+,26+,27?/m0/s1. The van der Waals surface area contributed by atoms with Crippen molar-refractivity contribution in [2.75, 3.05) is 7.11 Å². The van der Waals surface area contributed by atoms with Crippen molar-refractivity contribution in [1.29, 1.82) is 5.26 Å². The molecule has 1 N–H and O–H groups in total. The van der Waals surface area contributed by atoms with Gasteiger partial charge in [0.05, 0.1) is 31.3 Å². The molecule has 36 heavy (non-hydrogen) atoms. The normalized spacial score (nSPS) is 27.2. The number of unbranched alkanes of at least 4 members (excludes halogenated alkanes) is 1. The van der Waals surface area contributed by atoms with Crippen LogP contribution < -0.4 is 0 Å². The summed E-state index contributed by atoms with van der Waals surface area (Å²) in [6.07, 6.45) is 17.3. The van der Waals surface area contributed by atoms with Crippen molar-refractivity contribution >= 4 is 14.3 Å². The lowest BCUT2D eigenvalue weighted by molar-refractivity contribution is -0.140. The predicted molar refractivity (Wildman–Crippen MR) is 149 cm³/mol. The van der Waals surface area contributed by atoms with Gasteiger partial charge in [0, 0.05) is 12.3 Å². The van der Waals surface area contributed by atoms with E-state index in [1.54, 1.807) is 0 Å². The summed E-state index contributed by atoms with van der Waals surface area (Å²) in [5.41, 5.74) is 0.0958. The van der Waals surface area contributed by atoms with Crippen molar-refractivity contribution in [2.45, 2.75) is 122 Å². The summed E-state index contributed by atoms with van der Waals surface area (Å²) in [5, 5.41) is 21.0. The summed E-state index contributed by atoms with van der Waals surface area (Å²) >= 11 is 0. The van der Waals surface area contributed by atoms with Gasteiger partial charge in [0.1, 0.15) is 0 Å². The highest BCUT2D eigenvalue weighted by Gasteiger charge is 2.47. The minimum atomic E-state index is -1.99. The van der Waals surface area contributed by atoms with Gasteiger partial charge in [-0.1, -0.05) is 58.4 Å². The Morgan fingerprint density at radius 2 is 1.94 bits per heavy atom. The number of hydrogen-bond donors (Lipinski definition) is 1. The zero-order valence-corrected chi connectivity index (χ0v) is 24.9. The number of nitriles is 1. The first-order valence-electron chi connectivity index (χ1n) is 14.0. The van der Waals surface area contributed by atoms with Crippen molar-refractivity contribution in [3.05, 3.63) is 24.3 Å². The van der Waals surface area contributed by atoms with Crippen molar-refractivity contribution in [3.63, 3.8) is 0 Å². The average molecular weight is 518 g/mol. The van der Waals surface area contributed by atoms with E-state index in [2.05, 4.69) is 71.2 Å². The molecule has 204 valence electrons. The lowest BCUT2D eigenvalue weighted by Gasteiger charge is -2.45. The SMILES string of the molecule is CCC1(C(O)CC=C[C@@H]2[C@@H](CC=CCCCC(=O)OC)[C@H](C#N)C[C@H]2O[Si](C)(C)C(C)(C)C)CCC1. The molecule has 0 spiro atoms. The van der Waals surface area contributed by atoms with Crippen LogP contribution >= 0.6 is 0 Å². The minimum Gasteiger partial charge on any atom is -0.469 e. The van der Waals surface area contributed by atoms with Gasteiger partial charge in [-0.15, -0.1) is 0 Å². The monoisotopic (exact) mass is 517 g/mol. The Balaban J connectivity index is 2.14. The van der Waals surface area contributed by atoms with Gasteiger partial charge in [-0.05, 0) is 80.8 Å². The van der Waals surface area contributed by atoms with Crippen LogP contribution in [-0.2, 0) is 14.0 Å². The highest BCUT2D eigenvalue weighted by atomic mass is 28.4. The Labute approximate surface area is 221 Å². The second-order valence-electron chi connectivity index (χ2n) is 12.6. The zero-order chi connectivity index (χ0) is 27.0. The maximum Gasteiger partial charge on any atom is 0.305 e. The van der Waals surface area contributed by atoms with Crippen molar-refractivity contribution in [2.24, 2.45) is 23.2 Å². The van der Waals surface area contributed by atoms with Crippen LogP contribution in [-0.4, -0.2) is 38.7 Å². The Kier molecular flexibility index (Phi) is 11.5. The first-order chi connectivity index (χ1) is 16.9. The highest BCUT2D eigenvalue weighted by Crippen LogP contribution is 2.49. The molecule has 0 aromatic heterocycles. The minimum absolute atomic E-state index is 0.0329. The summed E-state index contributed by atoms with van der Waals surface area (Å²) in [6, 6.07) is 2.58. The molecular weight excluding hydrogens is 466 g/mol. The van der Waals surface area contributed by atoms with Gasteiger partial charge in [-0.25, -0.2) is 0 Å². The van der Waals surface area contributed by atoms with Gasteiger partial charge in [0.2, 0.25) is 0 Å².